The summed E-state index contributed by atoms with van der Waals surface area (Å²) in [6, 6.07) is 88.0. The van der Waals surface area contributed by atoms with Gasteiger partial charge in [-0.05, 0) is 62.7 Å². The van der Waals surface area contributed by atoms with Crippen LogP contribution in [0.2, 0.25) is 0 Å². The van der Waals surface area contributed by atoms with Crippen LogP contribution in [0, 0.1) is 0 Å². The van der Waals surface area contributed by atoms with E-state index in [1.54, 1.807) is 0 Å². The second kappa shape index (κ2) is 17.7. The maximum atomic E-state index is 6.81. The Morgan fingerprint density at radius 3 is 1.04 bits per heavy atom. The second-order valence-electron chi connectivity index (χ2n) is 18.6. The minimum absolute atomic E-state index is 0.562. The number of fused-ring (bicyclic) bond motifs is 9. The highest BCUT2D eigenvalue weighted by Crippen LogP contribution is 2.64. The van der Waals surface area contributed by atoms with E-state index < -0.39 is 5.41 Å². The highest BCUT2D eigenvalue weighted by molar-refractivity contribution is 5.95. The average molecular weight is 947 g/mol. The Morgan fingerprint density at radius 1 is 0.230 bits per heavy atom. The summed E-state index contributed by atoms with van der Waals surface area (Å²) in [7, 11) is 0. The molecule has 1 spiro atoms. The molecule has 14 rings (SSSR count). The van der Waals surface area contributed by atoms with Crippen LogP contribution < -0.4 is 4.74 Å². The Morgan fingerprint density at radius 2 is 0.568 bits per heavy atom. The standard InChI is InChI=1S/C67H42N6O/c1-5-18-43(19-6-1)45-32-36-49(37-33-45)63-69-64(50-38-34-46(35-39-50)44-20-7-2-8-21-44)73-66(72-63)53-27-17-26-52-54-42-51(65-70-61(47-22-9-3-10-23-47)68-62(71-65)48-24-11-4-12-25-48)40-41-55(54)67(60(52)53)56-28-13-15-30-58(56)74-59-31-16-14-29-57(59)67/h1-42H. The van der Waals surface area contributed by atoms with Crippen molar-refractivity contribution in [3.8, 4) is 113 Å². The molecule has 74 heavy (non-hydrogen) atoms. The third kappa shape index (κ3) is 7.21. The van der Waals surface area contributed by atoms with E-state index in [9.17, 15) is 0 Å². The third-order valence-electron chi connectivity index (χ3n) is 14.3. The van der Waals surface area contributed by atoms with Crippen LogP contribution in [0.25, 0.3) is 102 Å². The summed E-state index contributed by atoms with van der Waals surface area (Å²) in [6.07, 6.45) is 0. The van der Waals surface area contributed by atoms with E-state index in [1.165, 1.54) is 0 Å². The first-order chi connectivity index (χ1) is 36.7. The number of ether oxygens (including phenoxy) is 1. The summed E-state index contributed by atoms with van der Waals surface area (Å²) in [5, 5.41) is 0. The van der Waals surface area contributed by atoms with Crippen molar-refractivity contribution in [1.29, 1.82) is 0 Å². The number of nitrogens with zero attached hydrogens (tertiary/aromatic N) is 6. The molecule has 1 aliphatic carbocycles. The fourth-order valence-electron chi connectivity index (χ4n) is 10.9. The molecule has 7 heteroatoms. The Hall–Kier alpha value is -9.98. The molecule has 2 aliphatic rings. The van der Waals surface area contributed by atoms with Gasteiger partial charge in [-0.1, -0.05) is 237 Å². The molecule has 3 heterocycles. The summed E-state index contributed by atoms with van der Waals surface area (Å²) in [5.74, 6) is 5.08. The predicted octanol–water partition coefficient (Wildman–Crippen LogP) is 15.9. The number of rotatable bonds is 8. The Balaban J connectivity index is 1.01. The first kappa shape index (κ1) is 42.9. The molecule has 0 radical (unpaired) electrons. The van der Waals surface area contributed by atoms with Crippen LogP contribution >= 0.6 is 0 Å². The zero-order valence-corrected chi connectivity index (χ0v) is 39.8. The van der Waals surface area contributed by atoms with Crippen molar-refractivity contribution in [2.24, 2.45) is 0 Å². The quantitative estimate of drug-likeness (QED) is 0.150. The SMILES string of the molecule is c1ccc(-c2ccc(-c3nc(-c4ccc(-c5ccccc5)cc4)nc(-c4cccc5c4C4(c6ccccc6Oc6ccccc64)c4ccc(-c6nc(-c7ccccc7)nc(-c7ccccc7)n6)cc4-5)n3)cc2)cc1. The number of hydrogen-bond acceptors (Lipinski definition) is 7. The minimum Gasteiger partial charge on any atom is -0.457 e. The van der Waals surface area contributed by atoms with Crippen LogP contribution in [-0.4, -0.2) is 29.9 Å². The van der Waals surface area contributed by atoms with Crippen molar-refractivity contribution in [1.82, 2.24) is 29.9 Å². The zero-order valence-electron chi connectivity index (χ0n) is 39.8. The fraction of sp³-hybridized carbons (Fsp3) is 0.0149. The Labute approximate surface area is 428 Å². The van der Waals surface area contributed by atoms with Crippen molar-refractivity contribution < 1.29 is 4.74 Å². The average Bonchev–Trinajstić information content (AvgIpc) is 3.79. The monoisotopic (exact) mass is 946 g/mol. The molecule has 0 unspecified atom stereocenters. The van der Waals surface area contributed by atoms with E-state index in [0.717, 1.165) is 101 Å². The van der Waals surface area contributed by atoms with E-state index >= 15 is 0 Å². The van der Waals surface area contributed by atoms with Crippen LogP contribution in [0.15, 0.2) is 255 Å². The highest BCUT2D eigenvalue weighted by Gasteiger charge is 2.52. The number of aromatic nitrogens is 6. The number of hydrogen-bond donors (Lipinski definition) is 0. The smallest absolute Gasteiger partial charge is 0.164 e. The molecule has 0 saturated heterocycles. The largest absolute Gasteiger partial charge is 0.457 e. The van der Waals surface area contributed by atoms with Gasteiger partial charge < -0.3 is 4.74 Å². The molecule has 0 saturated carbocycles. The molecular formula is C67H42N6O. The van der Waals surface area contributed by atoms with Gasteiger partial charge >= 0.3 is 0 Å². The number of para-hydroxylation sites is 2. The lowest BCUT2D eigenvalue weighted by atomic mass is 9.65. The fourth-order valence-corrected chi connectivity index (χ4v) is 10.9. The van der Waals surface area contributed by atoms with E-state index in [4.69, 9.17) is 34.6 Å². The van der Waals surface area contributed by atoms with Gasteiger partial charge in [-0.15, -0.1) is 0 Å². The van der Waals surface area contributed by atoms with Crippen molar-refractivity contribution in [2.75, 3.05) is 0 Å². The van der Waals surface area contributed by atoms with Gasteiger partial charge in [0.25, 0.3) is 0 Å². The van der Waals surface area contributed by atoms with Gasteiger partial charge in [0.05, 0.1) is 5.41 Å². The van der Waals surface area contributed by atoms with Gasteiger partial charge in [0, 0.05) is 44.5 Å². The lowest BCUT2D eigenvalue weighted by Crippen LogP contribution is -2.32. The van der Waals surface area contributed by atoms with E-state index in [-0.39, 0.29) is 0 Å². The molecule has 2 aromatic heterocycles. The molecule has 1 aliphatic heterocycles. The molecule has 12 aromatic rings. The van der Waals surface area contributed by atoms with E-state index in [1.807, 2.05) is 84.9 Å². The molecule has 0 atom stereocenters. The van der Waals surface area contributed by atoms with Crippen molar-refractivity contribution in [3.05, 3.63) is 277 Å². The van der Waals surface area contributed by atoms with Gasteiger partial charge in [-0.3, -0.25) is 0 Å². The summed E-state index contributed by atoms with van der Waals surface area (Å²) >= 11 is 0. The topological polar surface area (TPSA) is 86.6 Å². The summed E-state index contributed by atoms with van der Waals surface area (Å²) in [4.78, 5) is 31.5. The normalized spacial score (nSPS) is 12.5. The number of benzene rings is 10. The van der Waals surface area contributed by atoms with E-state index in [2.05, 4.69) is 170 Å². The molecular weight excluding hydrogens is 905 g/mol. The molecule has 0 amide bonds. The van der Waals surface area contributed by atoms with Crippen molar-refractivity contribution in [3.63, 3.8) is 0 Å². The summed E-state index contributed by atoms with van der Waals surface area (Å²) < 4.78 is 6.81. The van der Waals surface area contributed by atoms with Gasteiger partial charge in [-0.25, -0.2) is 29.9 Å². The predicted molar refractivity (Wildman–Crippen MR) is 294 cm³/mol. The molecule has 0 N–H and O–H groups in total. The summed E-state index contributed by atoms with van der Waals surface area (Å²) in [5.41, 5.74) is 15.3. The zero-order chi connectivity index (χ0) is 49.0. The van der Waals surface area contributed by atoms with Crippen LogP contribution in [0.3, 0.4) is 0 Å². The third-order valence-corrected chi connectivity index (χ3v) is 14.3. The van der Waals surface area contributed by atoms with Crippen LogP contribution in [-0.2, 0) is 5.41 Å². The van der Waals surface area contributed by atoms with Gasteiger partial charge in [0.1, 0.15) is 11.5 Å². The van der Waals surface area contributed by atoms with Gasteiger partial charge in [-0.2, -0.15) is 0 Å². The lowest BCUT2D eigenvalue weighted by Gasteiger charge is -2.40. The summed E-state index contributed by atoms with van der Waals surface area (Å²) in [6.45, 7) is 0. The molecule has 7 nitrogen and oxygen atoms in total. The lowest BCUT2D eigenvalue weighted by molar-refractivity contribution is 0.436. The van der Waals surface area contributed by atoms with Gasteiger partial charge in [0.2, 0.25) is 0 Å². The van der Waals surface area contributed by atoms with Crippen LogP contribution in [0.4, 0.5) is 0 Å². The highest BCUT2D eigenvalue weighted by atomic mass is 16.5. The maximum absolute atomic E-state index is 6.81. The molecule has 10 aromatic carbocycles. The Bertz CT molecular complexity index is 3870. The van der Waals surface area contributed by atoms with Gasteiger partial charge in [0.15, 0.2) is 34.9 Å². The van der Waals surface area contributed by atoms with Crippen LogP contribution in [0.5, 0.6) is 11.5 Å². The second-order valence-corrected chi connectivity index (χ2v) is 18.6. The van der Waals surface area contributed by atoms with Crippen molar-refractivity contribution >= 4 is 0 Å². The van der Waals surface area contributed by atoms with Crippen molar-refractivity contribution in [2.45, 2.75) is 5.41 Å². The molecule has 0 bridgehead atoms. The Kier molecular flexibility index (Phi) is 10.3. The van der Waals surface area contributed by atoms with E-state index in [0.29, 0.717) is 34.9 Å². The van der Waals surface area contributed by atoms with Crippen LogP contribution in [0.1, 0.15) is 22.3 Å². The first-order valence-corrected chi connectivity index (χ1v) is 24.8. The minimum atomic E-state index is -0.851. The first-order valence-electron chi connectivity index (χ1n) is 24.8. The molecule has 346 valence electrons. The maximum Gasteiger partial charge on any atom is 0.164 e. The molecule has 0 fully saturated rings.